The van der Waals surface area contributed by atoms with Crippen molar-refractivity contribution in [3.63, 3.8) is 0 Å². The van der Waals surface area contributed by atoms with E-state index in [1.807, 2.05) is 67.7 Å². The van der Waals surface area contributed by atoms with Crippen LogP contribution < -0.4 is 10.2 Å². The van der Waals surface area contributed by atoms with E-state index in [-0.39, 0.29) is 5.91 Å². The summed E-state index contributed by atoms with van der Waals surface area (Å²) in [6.07, 6.45) is 0. The molecule has 0 aromatic heterocycles. The normalized spacial score (nSPS) is 10.2. The number of carbonyl (C=O) groups excluding carboxylic acids is 1. The Balaban J connectivity index is 1.85. The lowest BCUT2D eigenvalue weighted by atomic mass is 10.2. The van der Waals surface area contributed by atoms with Gasteiger partial charge >= 0.3 is 0 Å². The Hall–Kier alpha value is -3.23. The lowest BCUT2D eigenvalue weighted by Crippen LogP contribution is -2.17. The van der Waals surface area contributed by atoms with E-state index in [0.717, 1.165) is 27.7 Å². The monoisotopic (exact) mass is 387 g/mol. The third kappa shape index (κ3) is 4.54. The van der Waals surface area contributed by atoms with Crippen molar-refractivity contribution in [2.24, 2.45) is 0 Å². The van der Waals surface area contributed by atoms with Crippen LogP contribution in [0.1, 0.15) is 22.8 Å². The molecule has 0 aliphatic carbocycles. The minimum absolute atomic E-state index is 0.172. The first kappa shape index (κ1) is 19.5. The van der Waals surface area contributed by atoms with Gasteiger partial charge in [-0.3, -0.25) is 4.79 Å². The molecule has 4 nitrogen and oxygen atoms in total. The first-order valence-corrected chi connectivity index (χ1v) is 9.82. The van der Waals surface area contributed by atoms with E-state index >= 15 is 0 Å². The lowest BCUT2D eigenvalue weighted by molar-refractivity contribution is 0.102. The highest BCUT2D eigenvalue weighted by Crippen LogP contribution is 2.33. The molecular formula is C23H21N3OS. The fourth-order valence-corrected chi connectivity index (χ4v) is 3.74. The van der Waals surface area contributed by atoms with Crippen LogP contribution >= 0.6 is 11.8 Å². The maximum absolute atomic E-state index is 12.9. The van der Waals surface area contributed by atoms with Crippen molar-refractivity contribution in [1.29, 1.82) is 5.26 Å². The zero-order valence-electron chi connectivity index (χ0n) is 15.8. The van der Waals surface area contributed by atoms with Gasteiger partial charge in [0.25, 0.3) is 5.91 Å². The number of rotatable bonds is 6. The molecule has 5 heteroatoms. The van der Waals surface area contributed by atoms with E-state index in [0.29, 0.717) is 11.1 Å². The predicted octanol–water partition coefficient (Wildman–Crippen LogP) is 5.42. The zero-order valence-corrected chi connectivity index (χ0v) is 16.7. The van der Waals surface area contributed by atoms with Crippen molar-refractivity contribution in [2.45, 2.75) is 16.7 Å². The van der Waals surface area contributed by atoms with Gasteiger partial charge in [0.2, 0.25) is 0 Å². The molecule has 0 saturated carbocycles. The van der Waals surface area contributed by atoms with Crippen molar-refractivity contribution in [3.05, 3.63) is 83.9 Å². The number of nitriles is 1. The summed E-state index contributed by atoms with van der Waals surface area (Å²) >= 11 is 1.42. The standard InChI is InChI=1S/C23H21N3OS/c1-3-26(2)19-11-8-10-18(15-19)25-23(27)20-12-5-7-14-22(20)28-21-13-6-4-9-17(21)16-24/h4-15H,3H2,1-2H3,(H,25,27). The van der Waals surface area contributed by atoms with Crippen LogP contribution in [0.5, 0.6) is 0 Å². The highest BCUT2D eigenvalue weighted by molar-refractivity contribution is 7.99. The summed E-state index contributed by atoms with van der Waals surface area (Å²) in [5, 5.41) is 12.3. The van der Waals surface area contributed by atoms with Gasteiger partial charge in [-0.25, -0.2) is 0 Å². The molecule has 0 aliphatic heterocycles. The first-order valence-electron chi connectivity index (χ1n) is 9.01. The second-order valence-electron chi connectivity index (χ2n) is 6.22. The summed E-state index contributed by atoms with van der Waals surface area (Å²) in [5.74, 6) is -0.172. The number of amides is 1. The molecule has 0 atom stereocenters. The number of carbonyl (C=O) groups is 1. The highest BCUT2D eigenvalue weighted by Gasteiger charge is 2.14. The van der Waals surface area contributed by atoms with Crippen molar-refractivity contribution in [3.8, 4) is 6.07 Å². The Morgan fingerprint density at radius 3 is 2.50 bits per heavy atom. The van der Waals surface area contributed by atoms with Gasteiger partial charge in [0.15, 0.2) is 0 Å². The minimum Gasteiger partial charge on any atom is -0.375 e. The number of anilines is 2. The van der Waals surface area contributed by atoms with E-state index in [2.05, 4.69) is 23.2 Å². The average Bonchev–Trinajstić information content (AvgIpc) is 2.74. The second kappa shape index (κ2) is 9.12. The number of benzene rings is 3. The summed E-state index contributed by atoms with van der Waals surface area (Å²) in [6.45, 7) is 2.97. The van der Waals surface area contributed by atoms with E-state index < -0.39 is 0 Å². The number of nitrogens with one attached hydrogen (secondary N) is 1. The molecule has 0 bridgehead atoms. The minimum atomic E-state index is -0.172. The van der Waals surface area contributed by atoms with Crippen LogP contribution in [-0.4, -0.2) is 19.5 Å². The molecule has 0 heterocycles. The van der Waals surface area contributed by atoms with Crippen LogP contribution in [0.25, 0.3) is 0 Å². The smallest absolute Gasteiger partial charge is 0.256 e. The Morgan fingerprint density at radius 2 is 1.75 bits per heavy atom. The summed E-state index contributed by atoms with van der Waals surface area (Å²) in [4.78, 5) is 16.7. The Bertz CT molecular complexity index is 1030. The second-order valence-corrected chi connectivity index (χ2v) is 7.31. The van der Waals surface area contributed by atoms with Crippen LogP contribution in [0.4, 0.5) is 11.4 Å². The molecule has 3 rings (SSSR count). The van der Waals surface area contributed by atoms with Crippen LogP contribution in [-0.2, 0) is 0 Å². The molecule has 0 aliphatic rings. The lowest BCUT2D eigenvalue weighted by Gasteiger charge is -2.18. The van der Waals surface area contributed by atoms with Crippen LogP contribution in [0.3, 0.4) is 0 Å². The summed E-state index contributed by atoms with van der Waals surface area (Å²) in [6, 6.07) is 24.8. The number of hydrogen-bond donors (Lipinski definition) is 1. The molecule has 0 spiro atoms. The maximum Gasteiger partial charge on any atom is 0.256 e. The topological polar surface area (TPSA) is 56.1 Å². The fraction of sp³-hybridized carbons (Fsp3) is 0.130. The molecule has 28 heavy (non-hydrogen) atoms. The molecule has 1 amide bonds. The summed E-state index contributed by atoms with van der Waals surface area (Å²) in [7, 11) is 2.01. The number of hydrogen-bond acceptors (Lipinski definition) is 4. The molecular weight excluding hydrogens is 366 g/mol. The van der Waals surface area contributed by atoms with E-state index in [1.165, 1.54) is 11.8 Å². The summed E-state index contributed by atoms with van der Waals surface area (Å²) < 4.78 is 0. The van der Waals surface area contributed by atoms with Gasteiger partial charge in [-0.2, -0.15) is 5.26 Å². The van der Waals surface area contributed by atoms with E-state index in [1.54, 1.807) is 12.1 Å². The van der Waals surface area contributed by atoms with Crippen molar-refractivity contribution >= 4 is 29.0 Å². The van der Waals surface area contributed by atoms with E-state index in [4.69, 9.17) is 0 Å². The van der Waals surface area contributed by atoms with Gasteiger partial charge in [-0.1, -0.05) is 42.1 Å². The molecule has 3 aromatic rings. The van der Waals surface area contributed by atoms with Gasteiger partial charge in [0.05, 0.1) is 11.1 Å². The third-order valence-corrected chi connectivity index (χ3v) is 5.53. The van der Waals surface area contributed by atoms with Crippen molar-refractivity contribution in [1.82, 2.24) is 0 Å². The van der Waals surface area contributed by atoms with Gasteiger partial charge in [0.1, 0.15) is 6.07 Å². The van der Waals surface area contributed by atoms with Crippen LogP contribution in [0.15, 0.2) is 82.6 Å². The largest absolute Gasteiger partial charge is 0.375 e. The molecule has 0 unspecified atom stereocenters. The van der Waals surface area contributed by atoms with Crippen LogP contribution in [0.2, 0.25) is 0 Å². The molecule has 3 aromatic carbocycles. The van der Waals surface area contributed by atoms with Gasteiger partial charge < -0.3 is 10.2 Å². The maximum atomic E-state index is 12.9. The van der Waals surface area contributed by atoms with Crippen molar-refractivity contribution < 1.29 is 4.79 Å². The van der Waals surface area contributed by atoms with Gasteiger partial charge in [-0.15, -0.1) is 0 Å². The van der Waals surface area contributed by atoms with Crippen molar-refractivity contribution in [2.75, 3.05) is 23.8 Å². The Kier molecular flexibility index (Phi) is 6.36. The average molecular weight is 388 g/mol. The first-order chi connectivity index (χ1) is 13.6. The quantitative estimate of drug-likeness (QED) is 0.614. The number of nitrogens with zero attached hydrogens (tertiary/aromatic N) is 2. The van der Waals surface area contributed by atoms with E-state index in [9.17, 15) is 10.1 Å². The molecule has 140 valence electrons. The summed E-state index contributed by atoms with van der Waals surface area (Å²) in [5.41, 5.74) is 2.97. The molecule has 1 N–H and O–H groups in total. The third-order valence-electron chi connectivity index (χ3n) is 4.38. The van der Waals surface area contributed by atoms with Gasteiger partial charge in [-0.05, 0) is 49.4 Å². The molecule has 0 radical (unpaired) electrons. The predicted molar refractivity (Wildman–Crippen MR) is 115 cm³/mol. The Labute approximate surface area is 169 Å². The highest BCUT2D eigenvalue weighted by atomic mass is 32.2. The zero-order chi connectivity index (χ0) is 19.9. The van der Waals surface area contributed by atoms with Gasteiger partial charge in [0, 0.05) is 34.8 Å². The molecule has 0 fully saturated rings. The molecule has 0 saturated heterocycles. The van der Waals surface area contributed by atoms with Crippen LogP contribution in [0, 0.1) is 11.3 Å². The SMILES string of the molecule is CCN(C)c1cccc(NC(=O)c2ccccc2Sc2ccccc2C#N)c1. The fourth-order valence-electron chi connectivity index (χ4n) is 2.71. The Morgan fingerprint density at radius 1 is 1.04 bits per heavy atom.